The predicted octanol–water partition coefficient (Wildman–Crippen LogP) is 13.5. The molecule has 1 aliphatic heterocycles. The van der Waals surface area contributed by atoms with E-state index in [1.807, 2.05) is 23.1 Å². The Morgan fingerprint density at radius 2 is 1.26 bits per heavy atom. The molecule has 3 heteroatoms. The lowest BCUT2D eigenvalue weighted by molar-refractivity contribution is 0.595. The maximum Gasteiger partial charge on any atom is 0.135 e. The zero-order valence-electron chi connectivity index (χ0n) is 25.7. The Kier molecular flexibility index (Phi) is 6.31. The van der Waals surface area contributed by atoms with Crippen molar-refractivity contribution in [3.8, 4) is 21.6 Å². The lowest BCUT2D eigenvalue weighted by Crippen LogP contribution is -1.90. The van der Waals surface area contributed by atoms with Gasteiger partial charge >= 0.3 is 0 Å². The van der Waals surface area contributed by atoms with E-state index in [9.17, 15) is 0 Å². The topological polar surface area (TPSA) is 13.1 Å². The summed E-state index contributed by atoms with van der Waals surface area (Å²) in [6, 6.07) is 45.1. The van der Waals surface area contributed by atoms with Gasteiger partial charge in [-0.3, -0.25) is 0 Å². The van der Waals surface area contributed by atoms with Gasteiger partial charge < -0.3 is 4.42 Å². The van der Waals surface area contributed by atoms with E-state index in [0.717, 1.165) is 30.6 Å². The highest BCUT2D eigenvalue weighted by Crippen LogP contribution is 2.51. The molecule has 0 spiro atoms. The second-order valence-electron chi connectivity index (χ2n) is 12.6. The molecular weight excluding hydrogens is 609 g/mol. The molecule has 8 aromatic rings. The molecule has 0 saturated carbocycles. The molecule has 0 N–H and O–H groups in total. The fourth-order valence-electron chi connectivity index (χ4n) is 7.56. The number of fused-ring (bicyclic) bond motifs is 9. The number of thiophene rings is 1. The number of hydrogen-bond donors (Lipinski definition) is 0. The maximum atomic E-state index is 6.09. The summed E-state index contributed by atoms with van der Waals surface area (Å²) in [7, 11) is 0. The normalized spacial score (nSPS) is 16.0. The molecule has 0 fully saturated rings. The number of allylic oxidation sites excluding steroid dienone is 2. The second-order valence-corrected chi connectivity index (χ2v) is 15.0. The van der Waals surface area contributed by atoms with Crippen LogP contribution in [0, 0.1) is 0 Å². The highest BCUT2D eigenvalue weighted by Gasteiger charge is 2.23. The monoisotopic (exact) mass is 638 g/mol. The number of thioether (sulfide) groups is 1. The highest BCUT2D eigenvalue weighted by atomic mass is 32.2. The van der Waals surface area contributed by atoms with Gasteiger partial charge in [0.15, 0.2) is 0 Å². The number of hydrogen-bond acceptors (Lipinski definition) is 3. The molecule has 0 bridgehead atoms. The van der Waals surface area contributed by atoms with Crippen LogP contribution in [0.15, 0.2) is 138 Å². The van der Waals surface area contributed by atoms with Crippen molar-refractivity contribution < 1.29 is 4.42 Å². The van der Waals surface area contributed by atoms with E-state index in [1.165, 1.54) is 80.2 Å². The van der Waals surface area contributed by atoms with Gasteiger partial charge in [0, 0.05) is 30.9 Å². The summed E-state index contributed by atoms with van der Waals surface area (Å²) >= 11 is 3.91. The SMILES string of the molecule is C1=Cc2oc3ccc(-c4ccc(-c5ccc(C6=CCC(c7ccc8c9ccccc9c9ccccc9c8c7)S6)s5)cc4)cc3c2CC1. The average Bonchev–Trinajstić information content (AvgIpc) is 3.91. The molecule has 10 rings (SSSR count). The van der Waals surface area contributed by atoms with Gasteiger partial charge in [0.05, 0.1) is 0 Å². The van der Waals surface area contributed by atoms with Gasteiger partial charge in [0.2, 0.25) is 0 Å². The molecule has 1 aliphatic carbocycles. The second kappa shape index (κ2) is 10.9. The molecular formula is C44H30OS2. The molecule has 2 aromatic heterocycles. The van der Waals surface area contributed by atoms with Crippen molar-refractivity contribution in [1.29, 1.82) is 0 Å². The third kappa shape index (κ3) is 4.52. The van der Waals surface area contributed by atoms with Crippen LogP contribution in [-0.2, 0) is 6.42 Å². The number of benzene rings is 6. The average molecular weight is 639 g/mol. The summed E-state index contributed by atoms with van der Waals surface area (Å²) in [5.41, 5.74) is 7.48. The van der Waals surface area contributed by atoms with Crippen molar-refractivity contribution >= 4 is 77.4 Å². The number of furan rings is 1. The molecule has 224 valence electrons. The van der Waals surface area contributed by atoms with Crippen molar-refractivity contribution in [2.45, 2.75) is 24.5 Å². The molecule has 2 aliphatic rings. The lowest BCUT2D eigenvalue weighted by atomic mass is 9.92. The smallest absolute Gasteiger partial charge is 0.135 e. The van der Waals surface area contributed by atoms with E-state index in [1.54, 1.807) is 0 Å². The van der Waals surface area contributed by atoms with Crippen LogP contribution in [0.4, 0.5) is 0 Å². The van der Waals surface area contributed by atoms with Gasteiger partial charge in [0.25, 0.3) is 0 Å². The van der Waals surface area contributed by atoms with E-state index in [-0.39, 0.29) is 0 Å². The van der Waals surface area contributed by atoms with E-state index in [2.05, 4.69) is 140 Å². The van der Waals surface area contributed by atoms with Crippen molar-refractivity contribution in [2.75, 3.05) is 0 Å². The molecule has 6 aromatic carbocycles. The molecule has 47 heavy (non-hydrogen) atoms. The van der Waals surface area contributed by atoms with Gasteiger partial charge in [-0.2, -0.15) is 0 Å². The van der Waals surface area contributed by atoms with Crippen molar-refractivity contribution in [1.82, 2.24) is 0 Å². The van der Waals surface area contributed by atoms with Gasteiger partial charge in [-0.1, -0.05) is 103 Å². The first-order valence-electron chi connectivity index (χ1n) is 16.4. The molecule has 1 nitrogen and oxygen atoms in total. The van der Waals surface area contributed by atoms with Crippen LogP contribution in [0.2, 0.25) is 0 Å². The molecule has 0 amide bonds. The molecule has 0 saturated heterocycles. The largest absolute Gasteiger partial charge is 0.456 e. The van der Waals surface area contributed by atoms with Gasteiger partial charge in [-0.25, -0.2) is 0 Å². The zero-order valence-corrected chi connectivity index (χ0v) is 27.3. The van der Waals surface area contributed by atoms with Crippen LogP contribution in [0.25, 0.3) is 75.8 Å². The highest BCUT2D eigenvalue weighted by molar-refractivity contribution is 8.09. The molecule has 1 unspecified atom stereocenters. The van der Waals surface area contributed by atoms with Crippen LogP contribution in [0.5, 0.6) is 0 Å². The fourth-order valence-corrected chi connectivity index (χ4v) is 9.94. The third-order valence-corrected chi connectivity index (χ3v) is 12.6. The van der Waals surface area contributed by atoms with Crippen molar-refractivity contribution in [3.63, 3.8) is 0 Å². The van der Waals surface area contributed by atoms with Crippen LogP contribution in [0.3, 0.4) is 0 Å². The van der Waals surface area contributed by atoms with E-state index >= 15 is 0 Å². The minimum absolute atomic E-state index is 0.429. The van der Waals surface area contributed by atoms with Crippen LogP contribution < -0.4 is 0 Å². The summed E-state index contributed by atoms with van der Waals surface area (Å²) in [6.07, 6.45) is 9.95. The third-order valence-electron chi connectivity index (χ3n) is 9.93. The maximum absolute atomic E-state index is 6.09. The minimum Gasteiger partial charge on any atom is -0.456 e. The predicted molar refractivity (Wildman–Crippen MR) is 204 cm³/mol. The van der Waals surface area contributed by atoms with Crippen LogP contribution in [0.1, 0.15) is 39.9 Å². The van der Waals surface area contributed by atoms with Crippen LogP contribution in [-0.4, -0.2) is 0 Å². The Bertz CT molecular complexity index is 2540. The van der Waals surface area contributed by atoms with E-state index in [0.29, 0.717) is 5.25 Å². The van der Waals surface area contributed by atoms with Crippen LogP contribution >= 0.6 is 23.1 Å². The summed E-state index contributed by atoms with van der Waals surface area (Å²) in [4.78, 5) is 4.07. The Hall–Kier alpha value is -4.83. The quantitative estimate of drug-likeness (QED) is 0.178. The summed E-state index contributed by atoms with van der Waals surface area (Å²) < 4.78 is 6.09. The van der Waals surface area contributed by atoms with Gasteiger partial charge in [0.1, 0.15) is 11.3 Å². The Balaban J connectivity index is 0.903. The van der Waals surface area contributed by atoms with Crippen molar-refractivity contribution in [3.05, 3.63) is 155 Å². The molecule has 0 radical (unpaired) electrons. The lowest BCUT2D eigenvalue weighted by Gasteiger charge is -2.15. The van der Waals surface area contributed by atoms with Crippen molar-refractivity contribution in [2.24, 2.45) is 0 Å². The molecule has 1 atom stereocenters. The van der Waals surface area contributed by atoms with E-state index in [4.69, 9.17) is 4.42 Å². The van der Waals surface area contributed by atoms with Gasteiger partial charge in [-0.15, -0.1) is 23.1 Å². The number of rotatable bonds is 4. The zero-order chi connectivity index (χ0) is 30.9. The first kappa shape index (κ1) is 27.3. The summed E-state index contributed by atoms with van der Waals surface area (Å²) in [5, 5.41) is 9.71. The summed E-state index contributed by atoms with van der Waals surface area (Å²) in [5.74, 6) is 1.02. The molecule has 3 heterocycles. The first-order valence-corrected chi connectivity index (χ1v) is 18.1. The standard InChI is InChI=1S/C44H30OS2/c1-2-9-33-31(7-1)32-8-3-4-10-34(32)37-26-30(17-19-35(33)37)42-22-24-44(47-42)43-23-21-41(46-43)28-15-13-27(14-16-28)29-18-20-40-38(25-29)36-11-5-6-12-39(36)45-40/h1-4,6-10,12-21,23-26,42H,5,11,22H2. The Morgan fingerprint density at radius 3 is 2.04 bits per heavy atom. The number of aryl methyl sites for hydroxylation is 1. The van der Waals surface area contributed by atoms with E-state index < -0.39 is 0 Å². The van der Waals surface area contributed by atoms with Gasteiger partial charge in [-0.05, 0) is 110 Å². The summed E-state index contributed by atoms with van der Waals surface area (Å²) in [6.45, 7) is 0. The minimum atomic E-state index is 0.429. The Labute approximate surface area is 281 Å². The fraction of sp³-hybridized carbons (Fsp3) is 0.0909. The first-order chi connectivity index (χ1) is 23.3. The Morgan fingerprint density at radius 1 is 0.574 bits per heavy atom.